The van der Waals surface area contributed by atoms with E-state index in [2.05, 4.69) is 6.92 Å². The van der Waals surface area contributed by atoms with Gasteiger partial charge in [0.2, 0.25) is 11.8 Å². The van der Waals surface area contributed by atoms with Crippen LogP contribution in [0.5, 0.6) is 0 Å². The van der Waals surface area contributed by atoms with Crippen molar-refractivity contribution in [1.29, 1.82) is 0 Å². The molecule has 4 nitrogen and oxygen atoms in total. The smallest absolute Gasteiger partial charge is 0.217 e. The van der Waals surface area contributed by atoms with Crippen LogP contribution >= 0.6 is 0 Å². The van der Waals surface area contributed by atoms with Gasteiger partial charge in [0.25, 0.3) is 0 Å². The maximum absolute atomic E-state index is 11.0. The van der Waals surface area contributed by atoms with E-state index in [9.17, 15) is 9.59 Å². The first-order valence-electron chi connectivity index (χ1n) is 7.62. The summed E-state index contributed by atoms with van der Waals surface area (Å²) in [5, 5.41) is 0. The van der Waals surface area contributed by atoms with Crippen molar-refractivity contribution in [1.82, 2.24) is 0 Å². The molecule has 0 aromatic heterocycles. The second-order valence-corrected chi connectivity index (χ2v) is 5.45. The molecule has 0 aliphatic rings. The number of primary amides is 2. The Morgan fingerprint density at radius 3 is 2.00 bits per heavy atom. The van der Waals surface area contributed by atoms with Gasteiger partial charge in [0, 0.05) is 12.8 Å². The Kier molecular flexibility index (Phi) is 11.3. The van der Waals surface area contributed by atoms with Gasteiger partial charge in [-0.3, -0.25) is 9.59 Å². The first kappa shape index (κ1) is 17.9. The van der Waals surface area contributed by atoms with Crippen molar-refractivity contribution in [2.45, 2.75) is 77.6 Å². The third-order valence-electron chi connectivity index (χ3n) is 3.49. The van der Waals surface area contributed by atoms with E-state index in [1.165, 1.54) is 32.1 Å². The molecule has 2 amide bonds. The molecule has 0 saturated carbocycles. The van der Waals surface area contributed by atoms with Crippen molar-refractivity contribution in [2.75, 3.05) is 0 Å². The summed E-state index contributed by atoms with van der Waals surface area (Å²) in [5.41, 5.74) is 10.4. The van der Waals surface area contributed by atoms with Crippen molar-refractivity contribution in [3.8, 4) is 0 Å². The Morgan fingerprint density at radius 2 is 1.42 bits per heavy atom. The zero-order valence-corrected chi connectivity index (χ0v) is 12.3. The average molecular weight is 270 g/mol. The van der Waals surface area contributed by atoms with Gasteiger partial charge in [-0.15, -0.1) is 0 Å². The summed E-state index contributed by atoms with van der Waals surface area (Å²) in [5.74, 6) is -0.185. The topological polar surface area (TPSA) is 86.2 Å². The lowest BCUT2D eigenvalue weighted by atomic mass is 9.92. The number of unbranched alkanes of at least 4 members (excludes halogenated alkanes) is 5. The lowest BCUT2D eigenvalue weighted by Gasteiger charge is -2.14. The molecule has 0 aromatic rings. The van der Waals surface area contributed by atoms with Crippen LogP contribution in [-0.4, -0.2) is 11.8 Å². The number of amides is 2. The predicted molar refractivity (Wildman–Crippen MR) is 78.3 cm³/mol. The molecule has 0 unspecified atom stereocenters. The van der Waals surface area contributed by atoms with Crippen LogP contribution in [0.15, 0.2) is 0 Å². The molecule has 0 saturated heterocycles. The van der Waals surface area contributed by atoms with Gasteiger partial charge in [-0.2, -0.15) is 0 Å². The van der Waals surface area contributed by atoms with Gasteiger partial charge in [0.1, 0.15) is 0 Å². The molecule has 0 rings (SSSR count). The van der Waals surface area contributed by atoms with Gasteiger partial charge in [0.05, 0.1) is 0 Å². The van der Waals surface area contributed by atoms with Crippen LogP contribution in [-0.2, 0) is 9.59 Å². The SMILES string of the molecule is CCCCCCCC[C@@H](CCCC(N)=O)CC(N)=O. The summed E-state index contributed by atoms with van der Waals surface area (Å²) in [4.78, 5) is 21.7. The molecule has 4 N–H and O–H groups in total. The Balaban J connectivity index is 3.73. The van der Waals surface area contributed by atoms with Crippen LogP contribution < -0.4 is 11.5 Å². The largest absolute Gasteiger partial charge is 0.370 e. The van der Waals surface area contributed by atoms with Gasteiger partial charge >= 0.3 is 0 Å². The second kappa shape index (κ2) is 12.0. The first-order chi connectivity index (χ1) is 9.06. The van der Waals surface area contributed by atoms with Crippen molar-refractivity contribution in [3.05, 3.63) is 0 Å². The third-order valence-corrected chi connectivity index (χ3v) is 3.49. The Bertz CT molecular complexity index is 255. The van der Waals surface area contributed by atoms with Gasteiger partial charge in [0.15, 0.2) is 0 Å². The molecule has 112 valence electrons. The molecule has 0 radical (unpaired) electrons. The van der Waals surface area contributed by atoms with E-state index < -0.39 is 0 Å². The highest BCUT2D eigenvalue weighted by Crippen LogP contribution is 2.20. The highest BCUT2D eigenvalue weighted by atomic mass is 16.1. The summed E-state index contributed by atoms with van der Waals surface area (Å²) in [6, 6.07) is 0. The molecule has 0 heterocycles. The fraction of sp³-hybridized carbons (Fsp3) is 0.867. The number of carbonyl (C=O) groups excluding carboxylic acids is 2. The van der Waals surface area contributed by atoms with Crippen LogP contribution in [0.25, 0.3) is 0 Å². The Labute approximate surface area is 117 Å². The molecule has 0 aliphatic carbocycles. The Hall–Kier alpha value is -1.06. The summed E-state index contributed by atoms with van der Waals surface area (Å²) in [6.07, 6.45) is 11.1. The standard InChI is InChI=1S/C15H30N2O2/c1-2-3-4-5-6-7-9-13(12-15(17)19)10-8-11-14(16)18/h13H,2-12H2,1H3,(H2,16,18)(H2,17,19)/t13-/m0/s1. The zero-order valence-electron chi connectivity index (χ0n) is 12.3. The molecule has 0 aromatic carbocycles. The zero-order chi connectivity index (χ0) is 14.5. The van der Waals surface area contributed by atoms with Gasteiger partial charge in [-0.05, 0) is 25.2 Å². The molecule has 0 fully saturated rings. The summed E-state index contributed by atoms with van der Waals surface area (Å²) < 4.78 is 0. The highest BCUT2D eigenvalue weighted by molar-refractivity contribution is 5.74. The summed E-state index contributed by atoms with van der Waals surface area (Å²) >= 11 is 0. The number of hydrogen-bond acceptors (Lipinski definition) is 2. The van der Waals surface area contributed by atoms with Crippen molar-refractivity contribution < 1.29 is 9.59 Å². The van der Waals surface area contributed by atoms with E-state index in [0.717, 1.165) is 25.7 Å². The van der Waals surface area contributed by atoms with E-state index >= 15 is 0 Å². The summed E-state index contributed by atoms with van der Waals surface area (Å²) in [7, 11) is 0. The van der Waals surface area contributed by atoms with Crippen molar-refractivity contribution in [2.24, 2.45) is 17.4 Å². The van der Waals surface area contributed by atoms with E-state index in [-0.39, 0.29) is 11.8 Å². The van der Waals surface area contributed by atoms with Crippen LogP contribution in [0, 0.1) is 5.92 Å². The molecular weight excluding hydrogens is 240 g/mol. The minimum absolute atomic E-state index is 0.241. The van der Waals surface area contributed by atoms with Crippen molar-refractivity contribution in [3.63, 3.8) is 0 Å². The van der Waals surface area contributed by atoms with Gasteiger partial charge in [-0.25, -0.2) is 0 Å². The third kappa shape index (κ3) is 13.2. The lowest BCUT2D eigenvalue weighted by Crippen LogP contribution is -2.17. The maximum atomic E-state index is 11.0. The minimum Gasteiger partial charge on any atom is -0.370 e. The normalized spacial score (nSPS) is 12.3. The molecule has 19 heavy (non-hydrogen) atoms. The van der Waals surface area contributed by atoms with Gasteiger partial charge < -0.3 is 11.5 Å². The van der Waals surface area contributed by atoms with E-state index in [4.69, 9.17) is 11.5 Å². The molecule has 4 heteroatoms. The number of carbonyl (C=O) groups is 2. The van der Waals surface area contributed by atoms with Crippen LogP contribution in [0.4, 0.5) is 0 Å². The molecular formula is C15H30N2O2. The highest BCUT2D eigenvalue weighted by Gasteiger charge is 2.12. The number of hydrogen-bond donors (Lipinski definition) is 2. The van der Waals surface area contributed by atoms with Gasteiger partial charge in [-0.1, -0.05) is 45.4 Å². The number of nitrogens with two attached hydrogens (primary N) is 2. The van der Waals surface area contributed by atoms with E-state index in [1.807, 2.05) is 0 Å². The number of rotatable bonds is 13. The van der Waals surface area contributed by atoms with E-state index in [1.54, 1.807) is 0 Å². The second-order valence-electron chi connectivity index (χ2n) is 5.45. The fourth-order valence-electron chi connectivity index (χ4n) is 2.41. The lowest BCUT2D eigenvalue weighted by molar-refractivity contribution is -0.119. The average Bonchev–Trinajstić information content (AvgIpc) is 2.32. The van der Waals surface area contributed by atoms with Crippen LogP contribution in [0.1, 0.15) is 77.6 Å². The fourth-order valence-corrected chi connectivity index (χ4v) is 2.41. The predicted octanol–water partition coefficient (Wildman–Crippen LogP) is 2.88. The molecule has 0 spiro atoms. The summed E-state index contributed by atoms with van der Waals surface area (Å²) in [6.45, 7) is 2.21. The molecule has 1 atom stereocenters. The van der Waals surface area contributed by atoms with Crippen LogP contribution in [0.3, 0.4) is 0 Å². The molecule has 0 aliphatic heterocycles. The quantitative estimate of drug-likeness (QED) is 0.504. The first-order valence-corrected chi connectivity index (χ1v) is 7.62. The maximum Gasteiger partial charge on any atom is 0.217 e. The monoisotopic (exact) mass is 270 g/mol. The Morgan fingerprint density at radius 1 is 0.842 bits per heavy atom. The van der Waals surface area contributed by atoms with E-state index in [0.29, 0.717) is 18.8 Å². The molecule has 0 bridgehead atoms. The van der Waals surface area contributed by atoms with Crippen molar-refractivity contribution >= 4 is 11.8 Å². The minimum atomic E-state index is -0.266. The van der Waals surface area contributed by atoms with Crippen LogP contribution in [0.2, 0.25) is 0 Å².